The topological polar surface area (TPSA) is 86.8 Å². The summed E-state index contributed by atoms with van der Waals surface area (Å²) in [5, 5.41) is 2.99. The first-order valence-corrected chi connectivity index (χ1v) is 12.6. The van der Waals surface area contributed by atoms with Crippen molar-refractivity contribution in [2.24, 2.45) is 10.8 Å². The zero-order chi connectivity index (χ0) is 23.7. The van der Waals surface area contributed by atoms with E-state index in [-0.39, 0.29) is 35.8 Å². The molecule has 176 valence electrons. The van der Waals surface area contributed by atoms with Crippen LogP contribution in [-0.2, 0) is 14.8 Å². The van der Waals surface area contributed by atoms with Crippen LogP contribution in [0, 0.1) is 10.8 Å². The van der Waals surface area contributed by atoms with Crippen LogP contribution in [0.2, 0.25) is 0 Å². The van der Waals surface area contributed by atoms with Crippen molar-refractivity contribution < 1.29 is 18.0 Å². The Morgan fingerprint density at radius 1 is 1.06 bits per heavy atom. The number of carbonyl (C=O) groups is 2. The minimum atomic E-state index is -3.82. The summed E-state index contributed by atoms with van der Waals surface area (Å²) < 4.78 is 28.7. The Kier molecular flexibility index (Phi) is 6.86. The Bertz CT molecular complexity index is 976. The number of amides is 2. The van der Waals surface area contributed by atoms with E-state index in [2.05, 4.69) is 11.9 Å². The van der Waals surface area contributed by atoms with Gasteiger partial charge in [0, 0.05) is 37.8 Å². The zero-order valence-corrected chi connectivity index (χ0v) is 20.4. The molecule has 0 aromatic heterocycles. The highest BCUT2D eigenvalue weighted by atomic mass is 32.2. The van der Waals surface area contributed by atoms with E-state index in [1.54, 1.807) is 23.1 Å². The molecule has 8 heteroatoms. The molecular weight excluding hydrogens is 426 g/mol. The minimum Gasteiger partial charge on any atom is -0.349 e. The quantitative estimate of drug-likeness (QED) is 0.683. The lowest BCUT2D eigenvalue weighted by molar-refractivity contribution is -0.120. The molecule has 1 aromatic rings. The standard InChI is InChI=1S/C24H35N3O4S/c1-6-20(28)25-22-23(2,3)16-27(17-24(22,4)5)32(30,31)19-12-10-11-18(15-19)21(29)26-13-8-7-9-14-26/h6,10-12,15,22H,1,7-9,13-14,16-17H2,2-5H3,(H,25,28). The molecule has 0 saturated carbocycles. The molecule has 0 unspecified atom stereocenters. The fraction of sp³-hybridized carbons (Fsp3) is 0.583. The van der Waals surface area contributed by atoms with Crippen molar-refractivity contribution in [2.45, 2.75) is 57.9 Å². The highest BCUT2D eigenvalue weighted by Crippen LogP contribution is 2.42. The molecule has 3 rings (SSSR count). The Labute approximate surface area is 191 Å². The van der Waals surface area contributed by atoms with Crippen LogP contribution in [0.3, 0.4) is 0 Å². The molecule has 32 heavy (non-hydrogen) atoms. The molecule has 2 aliphatic heterocycles. The highest BCUT2D eigenvalue weighted by Gasteiger charge is 2.50. The second-order valence-corrected chi connectivity index (χ2v) is 12.2. The van der Waals surface area contributed by atoms with Crippen molar-refractivity contribution in [3.63, 3.8) is 0 Å². The molecule has 2 fully saturated rings. The van der Waals surface area contributed by atoms with E-state index >= 15 is 0 Å². The van der Waals surface area contributed by atoms with Gasteiger partial charge in [-0.2, -0.15) is 4.31 Å². The fourth-order valence-corrected chi connectivity index (χ4v) is 7.02. The Morgan fingerprint density at radius 2 is 1.66 bits per heavy atom. The van der Waals surface area contributed by atoms with E-state index in [4.69, 9.17) is 0 Å². The summed E-state index contributed by atoms with van der Waals surface area (Å²) in [7, 11) is -3.82. The van der Waals surface area contributed by atoms with Gasteiger partial charge in [0.25, 0.3) is 5.91 Å². The third-order valence-corrected chi connectivity index (χ3v) is 8.35. The third-order valence-electron chi connectivity index (χ3n) is 6.56. The van der Waals surface area contributed by atoms with E-state index < -0.39 is 20.9 Å². The lowest BCUT2D eigenvalue weighted by Crippen LogP contribution is -2.64. The highest BCUT2D eigenvalue weighted by molar-refractivity contribution is 7.89. The number of piperidine rings is 2. The van der Waals surface area contributed by atoms with E-state index in [1.807, 2.05) is 27.7 Å². The van der Waals surface area contributed by atoms with Crippen molar-refractivity contribution in [1.29, 1.82) is 0 Å². The number of sulfonamides is 1. The second-order valence-electron chi connectivity index (χ2n) is 10.3. The van der Waals surface area contributed by atoms with Crippen LogP contribution in [0.25, 0.3) is 0 Å². The second kappa shape index (κ2) is 8.98. The first-order valence-electron chi connectivity index (χ1n) is 11.2. The van der Waals surface area contributed by atoms with Crippen molar-refractivity contribution in [3.8, 4) is 0 Å². The third kappa shape index (κ3) is 4.91. The first-order chi connectivity index (χ1) is 14.9. The molecule has 0 atom stereocenters. The van der Waals surface area contributed by atoms with Crippen molar-refractivity contribution >= 4 is 21.8 Å². The Morgan fingerprint density at radius 3 is 2.22 bits per heavy atom. The van der Waals surface area contributed by atoms with Crippen LogP contribution in [-0.4, -0.2) is 61.7 Å². The molecule has 0 aliphatic carbocycles. The summed E-state index contributed by atoms with van der Waals surface area (Å²) in [5.41, 5.74) is -0.608. The summed E-state index contributed by atoms with van der Waals surface area (Å²) in [6, 6.07) is 6.14. The Balaban J connectivity index is 1.87. The molecule has 0 radical (unpaired) electrons. The summed E-state index contributed by atoms with van der Waals surface area (Å²) in [6.45, 7) is 13.3. The lowest BCUT2D eigenvalue weighted by Gasteiger charge is -2.52. The van der Waals surface area contributed by atoms with Crippen LogP contribution >= 0.6 is 0 Å². The van der Waals surface area contributed by atoms with E-state index in [1.165, 1.54) is 16.4 Å². The number of nitrogens with zero attached hydrogens (tertiary/aromatic N) is 2. The predicted octanol–water partition coefficient (Wildman–Crippen LogP) is 3.04. The predicted molar refractivity (Wildman–Crippen MR) is 125 cm³/mol. The number of carbonyl (C=O) groups excluding carboxylic acids is 2. The summed E-state index contributed by atoms with van der Waals surface area (Å²) in [5.74, 6) is -0.385. The molecule has 2 aliphatic rings. The van der Waals surface area contributed by atoms with Gasteiger partial charge in [-0.25, -0.2) is 8.42 Å². The molecule has 0 bridgehead atoms. The number of rotatable bonds is 5. The van der Waals surface area contributed by atoms with Gasteiger partial charge in [-0.05, 0) is 54.4 Å². The van der Waals surface area contributed by atoms with Crippen molar-refractivity contribution in [1.82, 2.24) is 14.5 Å². The van der Waals surface area contributed by atoms with Gasteiger partial charge >= 0.3 is 0 Å². The molecule has 2 saturated heterocycles. The van der Waals surface area contributed by atoms with Crippen LogP contribution in [0.4, 0.5) is 0 Å². The normalized spacial score (nSPS) is 21.7. The largest absolute Gasteiger partial charge is 0.349 e. The van der Waals surface area contributed by atoms with E-state index in [0.29, 0.717) is 18.7 Å². The monoisotopic (exact) mass is 461 g/mol. The van der Waals surface area contributed by atoms with Gasteiger partial charge in [0.05, 0.1) is 4.90 Å². The SMILES string of the molecule is C=CC(=O)NC1C(C)(C)CN(S(=O)(=O)c2cccc(C(=O)N3CCCCC3)c2)CC1(C)C. The van der Waals surface area contributed by atoms with Gasteiger partial charge < -0.3 is 10.2 Å². The number of nitrogens with one attached hydrogen (secondary N) is 1. The number of benzene rings is 1. The first kappa shape index (κ1) is 24.5. The van der Waals surface area contributed by atoms with E-state index in [0.717, 1.165) is 19.3 Å². The molecule has 2 amide bonds. The fourth-order valence-electron chi connectivity index (χ4n) is 5.19. The minimum absolute atomic E-state index is 0.117. The molecule has 1 aromatic carbocycles. The molecular formula is C24H35N3O4S. The summed E-state index contributed by atoms with van der Waals surface area (Å²) in [4.78, 5) is 26.8. The van der Waals surface area contributed by atoms with Gasteiger partial charge in [0.2, 0.25) is 15.9 Å². The van der Waals surface area contributed by atoms with Crippen LogP contribution in [0.15, 0.2) is 41.8 Å². The maximum Gasteiger partial charge on any atom is 0.253 e. The number of hydrogen-bond donors (Lipinski definition) is 1. The van der Waals surface area contributed by atoms with Crippen molar-refractivity contribution in [3.05, 3.63) is 42.5 Å². The van der Waals surface area contributed by atoms with Gasteiger partial charge in [0.15, 0.2) is 0 Å². The van der Waals surface area contributed by atoms with Gasteiger partial charge in [-0.15, -0.1) is 0 Å². The van der Waals surface area contributed by atoms with Gasteiger partial charge in [-0.1, -0.05) is 40.3 Å². The molecule has 2 heterocycles. The number of hydrogen-bond acceptors (Lipinski definition) is 4. The van der Waals surface area contributed by atoms with Crippen LogP contribution in [0.1, 0.15) is 57.3 Å². The van der Waals surface area contributed by atoms with E-state index in [9.17, 15) is 18.0 Å². The summed E-state index contributed by atoms with van der Waals surface area (Å²) >= 11 is 0. The molecule has 0 spiro atoms. The van der Waals surface area contributed by atoms with Gasteiger partial charge in [-0.3, -0.25) is 9.59 Å². The maximum absolute atomic E-state index is 13.6. The zero-order valence-electron chi connectivity index (χ0n) is 19.6. The number of likely N-dealkylation sites (tertiary alicyclic amines) is 1. The Hall–Kier alpha value is -2.19. The van der Waals surface area contributed by atoms with Crippen LogP contribution in [0.5, 0.6) is 0 Å². The lowest BCUT2D eigenvalue weighted by atomic mass is 9.67. The van der Waals surface area contributed by atoms with Crippen molar-refractivity contribution in [2.75, 3.05) is 26.2 Å². The molecule has 1 N–H and O–H groups in total. The summed E-state index contributed by atoms with van der Waals surface area (Å²) in [6.07, 6.45) is 4.31. The molecule has 7 nitrogen and oxygen atoms in total. The average molecular weight is 462 g/mol. The smallest absolute Gasteiger partial charge is 0.253 e. The van der Waals surface area contributed by atoms with Gasteiger partial charge in [0.1, 0.15) is 0 Å². The maximum atomic E-state index is 13.6. The van der Waals surface area contributed by atoms with Crippen LogP contribution < -0.4 is 5.32 Å². The average Bonchev–Trinajstić information content (AvgIpc) is 2.75.